The normalized spacial score (nSPS) is 12.2. The fraction of sp³-hybridized carbons (Fsp3) is 0.812. The molecule has 0 aliphatic heterocycles. The second kappa shape index (κ2) is 8.11. The van der Waals surface area contributed by atoms with Gasteiger partial charge in [0, 0.05) is 31.1 Å². The molecule has 0 saturated heterocycles. The van der Waals surface area contributed by atoms with Crippen LogP contribution in [0, 0.1) is 5.92 Å². The van der Waals surface area contributed by atoms with Gasteiger partial charge in [-0.25, -0.2) is 4.98 Å². The number of aromatic nitrogens is 1. The zero-order chi connectivity index (χ0) is 16.0. The highest BCUT2D eigenvalue weighted by Gasteiger charge is 2.25. The van der Waals surface area contributed by atoms with Crippen molar-refractivity contribution < 1.29 is 4.74 Å². The highest BCUT2D eigenvalue weighted by Crippen LogP contribution is 2.31. The van der Waals surface area contributed by atoms with E-state index in [4.69, 9.17) is 9.72 Å². The van der Waals surface area contributed by atoms with Crippen LogP contribution in [-0.2, 0) is 17.9 Å². The number of hydrogen-bond donors (Lipinski definition) is 1. The highest BCUT2D eigenvalue weighted by molar-refractivity contribution is 7.15. The summed E-state index contributed by atoms with van der Waals surface area (Å²) in [5.74, 6) is 0.657. The van der Waals surface area contributed by atoms with Gasteiger partial charge >= 0.3 is 0 Å². The average molecular weight is 314 g/mol. The first kappa shape index (κ1) is 18.4. The van der Waals surface area contributed by atoms with Gasteiger partial charge in [0.25, 0.3) is 0 Å². The molecule has 4 nitrogen and oxygen atoms in total. The lowest BCUT2D eigenvalue weighted by atomic mass is 10.0. The third-order valence-electron chi connectivity index (χ3n) is 3.95. The molecule has 0 radical (unpaired) electrons. The lowest BCUT2D eigenvalue weighted by molar-refractivity contribution is 0.181. The number of nitrogens with zero attached hydrogens (tertiary/aromatic N) is 2. The fourth-order valence-corrected chi connectivity index (χ4v) is 3.03. The SMILES string of the molecule is CCC(C)(C)N(C)c1nc(COC)c(CNCC(C)C)s1. The van der Waals surface area contributed by atoms with Gasteiger partial charge in [-0.1, -0.05) is 20.8 Å². The number of nitrogens with one attached hydrogen (secondary N) is 1. The first-order valence-electron chi connectivity index (χ1n) is 7.73. The number of anilines is 1. The topological polar surface area (TPSA) is 37.4 Å². The van der Waals surface area contributed by atoms with Gasteiger partial charge in [0.2, 0.25) is 0 Å². The van der Waals surface area contributed by atoms with Crippen LogP contribution in [0.15, 0.2) is 0 Å². The van der Waals surface area contributed by atoms with Gasteiger partial charge in [0.1, 0.15) is 0 Å². The summed E-state index contributed by atoms with van der Waals surface area (Å²) in [5.41, 5.74) is 1.18. The number of methoxy groups -OCH3 is 1. The molecule has 0 aromatic carbocycles. The van der Waals surface area contributed by atoms with Gasteiger partial charge in [-0.05, 0) is 32.7 Å². The molecule has 0 unspecified atom stereocenters. The van der Waals surface area contributed by atoms with Crippen LogP contribution in [0.3, 0.4) is 0 Å². The van der Waals surface area contributed by atoms with Crippen molar-refractivity contribution in [3.05, 3.63) is 10.6 Å². The van der Waals surface area contributed by atoms with E-state index in [0.717, 1.165) is 30.3 Å². The van der Waals surface area contributed by atoms with Crippen LogP contribution in [0.4, 0.5) is 5.13 Å². The lowest BCUT2D eigenvalue weighted by Gasteiger charge is -2.34. The maximum atomic E-state index is 5.30. The Morgan fingerprint density at radius 2 is 2.05 bits per heavy atom. The maximum absolute atomic E-state index is 5.30. The van der Waals surface area contributed by atoms with Crippen molar-refractivity contribution in [2.24, 2.45) is 5.92 Å². The molecule has 21 heavy (non-hydrogen) atoms. The molecule has 1 N–H and O–H groups in total. The zero-order valence-electron chi connectivity index (χ0n) is 14.6. The molecule has 0 aliphatic carbocycles. The molecule has 122 valence electrons. The van der Waals surface area contributed by atoms with E-state index in [2.05, 4.69) is 51.9 Å². The fourth-order valence-electron chi connectivity index (χ4n) is 1.87. The molecule has 0 bridgehead atoms. The van der Waals surface area contributed by atoms with E-state index >= 15 is 0 Å². The van der Waals surface area contributed by atoms with Crippen molar-refractivity contribution in [2.75, 3.05) is 25.6 Å². The van der Waals surface area contributed by atoms with E-state index < -0.39 is 0 Å². The molecule has 0 spiro atoms. The summed E-state index contributed by atoms with van der Waals surface area (Å²) in [5, 5.41) is 4.58. The molecule has 1 heterocycles. The highest BCUT2D eigenvalue weighted by atomic mass is 32.1. The molecule has 1 aromatic rings. The zero-order valence-corrected chi connectivity index (χ0v) is 15.4. The van der Waals surface area contributed by atoms with Crippen LogP contribution < -0.4 is 10.2 Å². The Morgan fingerprint density at radius 1 is 1.38 bits per heavy atom. The number of rotatable bonds is 9. The van der Waals surface area contributed by atoms with Crippen molar-refractivity contribution in [1.29, 1.82) is 0 Å². The van der Waals surface area contributed by atoms with Gasteiger partial charge in [0.05, 0.1) is 12.3 Å². The smallest absolute Gasteiger partial charge is 0.186 e. The second-order valence-corrected chi connectivity index (χ2v) is 7.61. The minimum absolute atomic E-state index is 0.116. The van der Waals surface area contributed by atoms with E-state index in [1.54, 1.807) is 18.4 Å². The predicted molar refractivity (Wildman–Crippen MR) is 92.1 cm³/mol. The van der Waals surface area contributed by atoms with E-state index in [1.807, 2.05) is 0 Å². The van der Waals surface area contributed by atoms with Crippen molar-refractivity contribution >= 4 is 16.5 Å². The Kier molecular flexibility index (Phi) is 7.10. The summed E-state index contributed by atoms with van der Waals surface area (Å²) in [4.78, 5) is 8.36. The minimum Gasteiger partial charge on any atom is -0.378 e. The van der Waals surface area contributed by atoms with Crippen LogP contribution >= 0.6 is 11.3 Å². The standard InChI is InChI=1S/C16H31N3OS/c1-8-16(4,5)19(6)15-18-13(11-20-7)14(21-15)10-17-9-12(2)3/h12,17H,8-11H2,1-7H3. The molecule has 1 aromatic heterocycles. The molecule has 0 amide bonds. The molecular formula is C16H31N3OS. The Bertz CT molecular complexity index is 429. The van der Waals surface area contributed by atoms with Crippen molar-refractivity contribution in [3.8, 4) is 0 Å². The Labute approximate surface area is 133 Å². The molecule has 0 fully saturated rings. The summed E-state index contributed by atoms with van der Waals surface area (Å²) in [6.07, 6.45) is 1.09. The van der Waals surface area contributed by atoms with Gasteiger partial charge in [-0.2, -0.15) is 0 Å². The van der Waals surface area contributed by atoms with Gasteiger partial charge in [-0.15, -0.1) is 11.3 Å². The van der Waals surface area contributed by atoms with Crippen molar-refractivity contribution in [3.63, 3.8) is 0 Å². The van der Waals surface area contributed by atoms with Gasteiger partial charge in [-0.3, -0.25) is 0 Å². The van der Waals surface area contributed by atoms with Crippen molar-refractivity contribution in [1.82, 2.24) is 10.3 Å². The molecule has 0 atom stereocenters. The molecule has 5 heteroatoms. The van der Waals surface area contributed by atoms with Crippen LogP contribution in [0.1, 0.15) is 51.6 Å². The van der Waals surface area contributed by atoms with E-state index in [9.17, 15) is 0 Å². The summed E-state index contributed by atoms with van der Waals surface area (Å²) in [6, 6.07) is 0. The van der Waals surface area contributed by atoms with E-state index in [0.29, 0.717) is 12.5 Å². The third-order valence-corrected chi connectivity index (χ3v) is 5.12. The number of hydrogen-bond acceptors (Lipinski definition) is 5. The quantitative estimate of drug-likeness (QED) is 0.755. The summed E-state index contributed by atoms with van der Waals surface area (Å²) in [7, 11) is 3.86. The molecule has 0 aliphatic rings. The number of ether oxygens (including phenoxy) is 1. The minimum atomic E-state index is 0.116. The van der Waals surface area contributed by atoms with E-state index in [1.165, 1.54) is 4.88 Å². The summed E-state index contributed by atoms with van der Waals surface area (Å²) >= 11 is 1.77. The van der Waals surface area contributed by atoms with Crippen LogP contribution in [-0.4, -0.2) is 31.2 Å². The monoisotopic (exact) mass is 313 g/mol. The van der Waals surface area contributed by atoms with Crippen LogP contribution in [0.2, 0.25) is 0 Å². The largest absolute Gasteiger partial charge is 0.378 e. The van der Waals surface area contributed by atoms with Gasteiger partial charge in [0.15, 0.2) is 5.13 Å². The Hall–Kier alpha value is -0.650. The van der Waals surface area contributed by atoms with Crippen LogP contribution in [0.25, 0.3) is 0 Å². The summed E-state index contributed by atoms with van der Waals surface area (Å²) < 4.78 is 5.30. The van der Waals surface area contributed by atoms with Crippen LogP contribution in [0.5, 0.6) is 0 Å². The molecular weight excluding hydrogens is 282 g/mol. The van der Waals surface area contributed by atoms with Gasteiger partial charge < -0.3 is 15.0 Å². The second-order valence-electron chi connectivity index (χ2n) is 6.55. The summed E-state index contributed by atoms with van der Waals surface area (Å²) in [6.45, 7) is 13.6. The Morgan fingerprint density at radius 3 is 2.57 bits per heavy atom. The first-order valence-corrected chi connectivity index (χ1v) is 8.55. The lowest BCUT2D eigenvalue weighted by Crippen LogP contribution is -2.40. The molecule has 0 saturated carbocycles. The van der Waals surface area contributed by atoms with E-state index in [-0.39, 0.29) is 5.54 Å². The maximum Gasteiger partial charge on any atom is 0.186 e. The van der Waals surface area contributed by atoms with Crippen molar-refractivity contribution in [2.45, 2.75) is 59.7 Å². The third kappa shape index (κ3) is 5.24. The first-order chi connectivity index (χ1) is 9.81. The average Bonchev–Trinajstić information content (AvgIpc) is 2.81. The predicted octanol–water partition coefficient (Wildman–Crippen LogP) is 3.66. The molecule has 1 rings (SSSR count). The number of thiazole rings is 1. The Balaban J connectivity index is 2.87.